The molecule has 1 atom stereocenters. The number of phenols is 1. The molecule has 2 aromatic carbocycles. The molecule has 7 nitrogen and oxygen atoms in total. The topological polar surface area (TPSA) is 71.5 Å². The highest BCUT2D eigenvalue weighted by Gasteiger charge is 2.33. The van der Waals surface area contributed by atoms with E-state index in [1.807, 2.05) is 36.9 Å². The predicted octanol–water partition coefficient (Wildman–Crippen LogP) is 3.29. The van der Waals surface area contributed by atoms with Gasteiger partial charge in [0.15, 0.2) is 0 Å². The summed E-state index contributed by atoms with van der Waals surface area (Å²) in [6.07, 6.45) is 1.37. The van der Waals surface area contributed by atoms with Gasteiger partial charge >= 0.3 is 0 Å². The van der Waals surface area contributed by atoms with Crippen LogP contribution in [0.2, 0.25) is 0 Å². The zero-order valence-electron chi connectivity index (χ0n) is 19.6. The second-order valence-corrected chi connectivity index (χ2v) is 8.60. The number of rotatable bonds is 6. The van der Waals surface area contributed by atoms with Gasteiger partial charge in [0.05, 0.1) is 12.6 Å². The van der Waals surface area contributed by atoms with Gasteiger partial charge in [-0.1, -0.05) is 18.7 Å². The van der Waals surface area contributed by atoms with Crippen molar-refractivity contribution in [3.63, 3.8) is 0 Å². The molecule has 33 heavy (non-hydrogen) atoms. The molecule has 2 aliphatic heterocycles. The van der Waals surface area contributed by atoms with Crippen molar-refractivity contribution in [3.05, 3.63) is 53.6 Å². The fraction of sp³-hybridized carbons (Fsp3) is 0.423. The van der Waals surface area contributed by atoms with Gasteiger partial charge in [-0.15, -0.1) is 0 Å². The van der Waals surface area contributed by atoms with Crippen molar-refractivity contribution in [2.45, 2.75) is 26.4 Å². The minimum absolute atomic E-state index is 0.0428. The second kappa shape index (κ2) is 9.85. The van der Waals surface area contributed by atoms with E-state index in [0.29, 0.717) is 45.2 Å². The fourth-order valence-corrected chi connectivity index (χ4v) is 4.78. The van der Waals surface area contributed by atoms with Crippen LogP contribution in [0.25, 0.3) is 11.1 Å². The molecule has 0 spiro atoms. The van der Waals surface area contributed by atoms with Crippen molar-refractivity contribution in [2.24, 2.45) is 0 Å². The van der Waals surface area contributed by atoms with E-state index in [0.717, 1.165) is 40.1 Å². The summed E-state index contributed by atoms with van der Waals surface area (Å²) in [6.45, 7) is 11.7. The Bertz CT molecular complexity index is 1030. The lowest BCUT2D eigenvalue weighted by atomic mass is 9.92. The van der Waals surface area contributed by atoms with Gasteiger partial charge in [0.1, 0.15) is 30.5 Å². The number of amides is 1. The van der Waals surface area contributed by atoms with Gasteiger partial charge in [0, 0.05) is 55.5 Å². The van der Waals surface area contributed by atoms with E-state index in [9.17, 15) is 9.90 Å². The highest BCUT2D eigenvalue weighted by Crippen LogP contribution is 2.46. The van der Waals surface area contributed by atoms with E-state index in [2.05, 4.69) is 11.5 Å². The third-order valence-corrected chi connectivity index (χ3v) is 6.49. The fourth-order valence-electron chi connectivity index (χ4n) is 4.78. The number of ether oxygens (including phenoxy) is 3. The van der Waals surface area contributed by atoms with Crippen LogP contribution in [0, 0.1) is 13.8 Å². The number of aryl methyl sites for hydroxylation is 1. The van der Waals surface area contributed by atoms with E-state index in [-0.39, 0.29) is 17.7 Å². The Hall–Kier alpha value is -3.03. The van der Waals surface area contributed by atoms with Crippen molar-refractivity contribution in [1.29, 1.82) is 0 Å². The van der Waals surface area contributed by atoms with Gasteiger partial charge in [-0.05, 0) is 37.6 Å². The minimum atomic E-state index is -0.0428. The summed E-state index contributed by atoms with van der Waals surface area (Å²) in [4.78, 5) is 16.3. The molecule has 0 aliphatic carbocycles. The standard InChI is InChI=1S/C26H32N2O5/c1-5-23(30)28-10-9-27-14-19-13-22(32-12-11-31-4)25(24-17(2)7-6-8-21(24)29)18(3)26(19)33-16-20(27)15-28/h5-8,13,20,29H,1,9-12,14-16H2,2-4H3/t20-/m1/s1. The van der Waals surface area contributed by atoms with Crippen LogP contribution in [0.5, 0.6) is 17.2 Å². The molecule has 7 heteroatoms. The van der Waals surface area contributed by atoms with Crippen LogP contribution in [-0.4, -0.2) is 73.4 Å². The Morgan fingerprint density at radius 1 is 1.27 bits per heavy atom. The quantitative estimate of drug-likeness (QED) is 0.536. The lowest BCUT2D eigenvalue weighted by Gasteiger charge is -2.39. The molecule has 176 valence electrons. The highest BCUT2D eigenvalue weighted by molar-refractivity contribution is 5.87. The van der Waals surface area contributed by atoms with Crippen molar-refractivity contribution in [2.75, 3.05) is 46.6 Å². The first-order valence-corrected chi connectivity index (χ1v) is 11.3. The van der Waals surface area contributed by atoms with Crippen LogP contribution in [-0.2, 0) is 16.1 Å². The Morgan fingerprint density at radius 2 is 2.09 bits per heavy atom. The monoisotopic (exact) mass is 452 g/mol. The number of methoxy groups -OCH3 is 1. The molecule has 2 aromatic rings. The van der Waals surface area contributed by atoms with Gasteiger partial charge in [-0.25, -0.2) is 0 Å². The van der Waals surface area contributed by atoms with Crippen molar-refractivity contribution < 1.29 is 24.1 Å². The number of hydrogen-bond donors (Lipinski definition) is 1. The largest absolute Gasteiger partial charge is 0.507 e. The summed E-state index contributed by atoms with van der Waals surface area (Å²) in [5.74, 6) is 1.69. The number of carbonyl (C=O) groups excluding carboxylic acids is 1. The Balaban J connectivity index is 1.74. The average molecular weight is 453 g/mol. The summed E-state index contributed by atoms with van der Waals surface area (Å²) in [7, 11) is 1.64. The zero-order valence-corrected chi connectivity index (χ0v) is 19.6. The molecule has 1 amide bonds. The molecule has 1 N–H and O–H groups in total. The lowest BCUT2D eigenvalue weighted by Crippen LogP contribution is -2.55. The maximum Gasteiger partial charge on any atom is 0.246 e. The zero-order chi connectivity index (χ0) is 23.5. The number of aromatic hydroxyl groups is 1. The van der Waals surface area contributed by atoms with Crippen molar-refractivity contribution in [3.8, 4) is 28.4 Å². The summed E-state index contributed by atoms with van der Waals surface area (Å²) < 4.78 is 17.7. The van der Waals surface area contributed by atoms with Crippen LogP contribution in [0.15, 0.2) is 36.9 Å². The van der Waals surface area contributed by atoms with Crippen LogP contribution in [0.1, 0.15) is 16.7 Å². The maximum absolute atomic E-state index is 12.1. The molecule has 1 fully saturated rings. The van der Waals surface area contributed by atoms with E-state index < -0.39 is 0 Å². The first kappa shape index (κ1) is 23.1. The number of hydrogen-bond acceptors (Lipinski definition) is 6. The van der Waals surface area contributed by atoms with Crippen LogP contribution in [0.3, 0.4) is 0 Å². The molecule has 0 radical (unpaired) electrons. The molecule has 0 unspecified atom stereocenters. The number of phenolic OH excluding ortho intramolecular Hbond substituents is 1. The number of carbonyl (C=O) groups is 1. The number of nitrogens with zero attached hydrogens (tertiary/aromatic N) is 2. The summed E-state index contributed by atoms with van der Waals surface area (Å²) in [5.41, 5.74) is 4.52. The summed E-state index contributed by atoms with van der Waals surface area (Å²) in [5, 5.41) is 10.7. The molecule has 0 aromatic heterocycles. The molecule has 0 bridgehead atoms. The van der Waals surface area contributed by atoms with Crippen LogP contribution >= 0.6 is 0 Å². The molecular formula is C26H32N2O5. The Kier molecular flexibility index (Phi) is 6.91. The molecule has 1 saturated heterocycles. The number of piperazine rings is 1. The third kappa shape index (κ3) is 4.56. The minimum Gasteiger partial charge on any atom is -0.507 e. The van der Waals surface area contributed by atoms with Gasteiger partial charge in [-0.2, -0.15) is 0 Å². The number of benzene rings is 2. The first-order valence-electron chi connectivity index (χ1n) is 11.3. The number of fused-ring (bicyclic) bond motifs is 2. The average Bonchev–Trinajstić information content (AvgIpc) is 2.99. The highest BCUT2D eigenvalue weighted by atomic mass is 16.5. The lowest BCUT2D eigenvalue weighted by molar-refractivity contribution is -0.129. The molecule has 2 aliphatic rings. The van der Waals surface area contributed by atoms with Crippen molar-refractivity contribution >= 4 is 5.91 Å². The van der Waals surface area contributed by atoms with Crippen LogP contribution < -0.4 is 9.47 Å². The van der Waals surface area contributed by atoms with Crippen molar-refractivity contribution in [1.82, 2.24) is 9.80 Å². The normalized spacial score (nSPS) is 18.0. The summed E-state index contributed by atoms with van der Waals surface area (Å²) >= 11 is 0. The van der Waals surface area contributed by atoms with Gasteiger partial charge in [0.2, 0.25) is 5.91 Å². The Morgan fingerprint density at radius 3 is 2.82 bits per heavy atom. The second-order valence-electron chi connectivity index (χ2n) is 8.60. The van der Waals surface area contributed by atoms with Crippen LogP contribution in [0.4, 0.5) is 0 Å². The van der Waals surface area contributed by atoms with Gasteiger partial charge in [-0.3, -0.25) is 9.69 Å². The molecular weight excluding hydrogens is 420 g/mol. The van der Waals surface area contributed by atoms with E-state index in [1.165, 1.54) is 6.08 Å². The first-order chi connectivity index (χ1) is 15.9. The van der Waals surface area contributed by atoms with E-state index >= 15 is 0 Å². The third-order valence-electron chi connectivity index (χ3n) is 6.49. The van der Waals surface area contributed by atoms with Gasteiger partial charge < -0.3 is 24.2 Å². The maximum atomic E-state index is 12.1. The van der Waals surface area contributed by atoms with E-state index in [4.69, 9.17) is 14.2 Å². The summed E-state index contributed by atoms with van der Waals surface area (Å²) in [6, 6.07) is 7.64. The molecule has 2 heterocycles. The van der Waals surface area contributed by atoms with E-state index in [1.54, 1.807) is 13.2 Å². The molecule has 4 rings (SSSR count). The molecule has 0 saturated carbocycles. The smallest absolute Gasteiger partial charge is 0.246 e. The predicted molar refractivity (Wildman–Crippen MR) is 127 cm³/mol. The Labute approximate surface area is 195 Å². The van der Waals surface area contributed by atoms with Gasteiger partial charge in [0.25, 0.3) is 0 Å². The SMILES string of the molecule is C=CC(=O)N1CCN2Cc3cc(OCCOC)c(-c4c(C)cccc4O)c(C)c3OC[C@H]2C1.